The molecule has 0 bridgehead atoms. The second kappa shape index (κ2) is 3.36. The van der Waals surface area contributed by atoms with E-state index in [-0.39, 0.29) is 0 Å². The highest BCUT2D eigenvalue weighted by Crippen LogP contribution is 2.31. The van der Waals surface area contributed by atoms with Crippen LogP contribution < -0.4 is 0 Å². The van der Waals surface area contributed by atoms with Crippen LogP contribution in [0.4, 0.5) is 0 Å². The Kier molecular flexibility index (Phi) is 1.68. The third-order valence-electron chi connectivity index (χ3n) is 3.84. The average Bonchev–Trinajstić information content (AvgIpc) is 3.05. The number of nitrogens with one attached hydrogen (secondary N) is 2. The smallest absolute Gasteiger partial charge is 0.0979 e. The van der Waals surface area contributed by atoms with Gasteiger partial charge in [-0.05, 0) is 18.2 Å². The van der Waals surface area contributed by atoms with Gasteiger partial charge in [0.25, 0.3) is 0 Å². The van der Waals surface area contributed by atoms with Gasteiger partial charge in [0.2, 0.25) is 0 Å². The van der Waals surface area contributed by atoms with E-state index in [0.717, 1.165) is 43.9 Å². The van der Waals surface area contributed by atoms with Crippen LogP contribution in [0, 0.1) is 0 Å². The maximum absolute atomic E-state index is 4.63. The first-order valence-corrected chi connectivity index (χ1v) is 6.53. The molecule has 0 saturated carbocycles. The molecule has 4 heteroatoms. The van der Waals surface area contributed by atoms with Crippen LogP contribution in [0.15, 0.2) is 48.8 Å². The second-order valence-electron chi connectivity index (χ2n) is 4.97. The molecule has 20 heavy (non-hydrogen) atoms. The summed E-state index contributed by atoms with van der Waals surface area (Å²) in [7, 11) is 0. The third-order valence-corrected chi connectivity index (χ3v) is 3.84. The molecule has 1 aromatic carbocycles. The molecule has 5 rings (SSSR count). The van der Waals surface area contributed by atoms with Gasteiger partial charge in [-0.15, -0.1) is 0 Å². The Morgan fingerprint density at radius 2 is 1.55 bits per heavy atom. The lowest BCUT2D eigenvalue weighted by atomic mass is 10.2. The van der Waals surface area contributed by atoms with Crippen molar-refractivity contribution in [3.63, 3.8) is 0 Å². The molecule has 0 amide bonds. The van der Waals surface area contributed by atoms with Crippen LogP contribution in [-0.2, 0) is 0 Å². The van der Waals surface area contributed by atoms with E-state index in [4.69, 9.17) is 0 Å². The number of aromatic amines is 2. The largest absolute Gasteiger partial charge is 0.351 e. The van der Waals surface area contributed by atoms with Crippen molar-refractivity contribution in [2.45, 2.75) is 0 Å². The molecule has 4 heterocycles. The average molecular weight is 258 g/mol. The molecule has 0 aliphatic heterocycles. The normalized spacial score (nSPS) is 12.0. The van der Waals surface area contributed by atoms with E-state index in [2.05, 4.69) is 32.1 Å². The van der Waals surface area contributed by atoms with Crippen LogP contribution >= 0.6 is 0 Å². The number of aromatic nitrogens is 4. The zero-order valence-electron chi connectivity index (χ0n) is 10.5. The van der Waals surface area contributed by atoms with Crippen LogP contribution in [0.1, 0.15) is 0 Å². The number of para-hydroxylation sites is 1. The molecule has 0 aliphatic carbocycles. The number of nitrogens with zero attached hydrogens (tertiary/aromatic N) is 2. The van der Waals surface area contributed by atoms with Crippen molar-refractivity contribution in [1.82, 2.24) is 19.9 Å². The van der Waals surface area contributed by atoms with E-state index in [0.29, 0.717) is 0 Å². The first-order chi connectivity index (χ1) is 9.92. The van der Waals surface area contributed by atoms with Gasteiger partial charge in [0.05, 0.1) is 27.6 Å². The summed E-state index contributed by atoms with van der Waals surface area (Å²) in [5.41, 5.74) is 6.22. The molecule has 5 aromatic rings. The zero-order valence-corrected chi connectivity index (χ0v) is 10.5. The van der Waals surface area contributed by atoms with E-state index < -0.39 is 0 Å². The molecule has 0 unspecified atom stereocenters. The number of benzene rings is 1. The van der Waals surface area contributed by atoms with Crippen molar-refractivity contribution in [1.29, 1.82) is 0 Å². The molecule has 4 aromatic heterocycles. The topological polar surface area (TPSA) is 57.4 Å². The number of fused-ring (bicyclic) bond motifs is 7. The highest BCUT2D eigenvalue weighted by atomic mass is 14.9. The summed E-state index contributed by atoms with van der Waals surface area (Å²) in [6.45, 7) is 0. The van der Waals surface area contributed by atoms with Gasteiger partial charge in [-0.25, -0.2) is 0 Å². The fourth-order valence-corrected chi connectivity index (χ4v) is 2.94. The molecular weight excluding hydrogens is 248 g/mol. The first kappa shape index (κ1) is 9.97. The third kappa shape index (κ3) is 1.11. The van der Waals surface area contributed by atoms with E-state index in [1.54, 1.807) is 0 Å². The van der Waals surface area contributed by atoms with Gasteiger partial charge in [-0.1, -0.05) is 18.2 Å². The minimum absolute atomic E-state index is 0.968. The van der Waals surface area contributed by atoms with Gasteiger partial charge in [0.15, 0.2) is 0 Å². The fraction of sp³-hybridized carbons (Fsp3) is 0. The number of hydrogen-bond donors (Lipinski definition) is 2. The molecular formula is C16H10N4. The van der Waals surface area contributed by atoms with Gasteiger partial charge in [-0.3, -0.25) is 9.97 Å². The maximum Gasteiger partial charge on any atom is 0.0979 e. The lowest BCUT2D eigenvalue weighted by Crippen LogP contribution is -1.77. The summed E-state index contributed by atoms with van der Waals surface area (Å²) in [5.74, 6) is 0. The first-order valence-electron chi connectivity index (χ1n) is 6.53. The Hall–Kier alpha value is -2.88. The zero-order chi connectivity index (χ0) is 13.1. The maximum atomic E-state index is 4.63. The van der Waals surface area contributed by atoms with E-state index in [1.165, 1.54) is 0 Å². The predicted molar refractivity (Wildman–Crippen MR) is 80.8 cm³/mol. The van der Waals surface area contributed by atoms with E-state index >= 15 is 0 Å². The number of pyridine rings is 2. The van der Waals surface area contributed by atoms with Gasteiger partial charge in [0.1, 0.15) is 0 Å². The Morgan fingerprint density at radius 3 is 2.55 bits per heavy atom. The lowest BCUT2D eigenvalue weighted by molar-refractivity contribution is 1.41. The van der Waals surface area contributed by atoms with Crippen LogP contribution in [0.25, 0.3) is 43.9 Å². The van der Waals surface area contributed by atoms with Crippen LogP contribution in [0.5, 0.6) is 0 Å². The minimum Gasteiger partial charge on any atom is -0.351 e. The minimum atomic E-state index is 0.968. The van der Waals surface area contributed by atoms with Crippen molar-refractivity contribution >= 4 is 43.9 Å². The Balaban J connectivity index is 2.10. The number of hydrogen-bond acceptors (Lipinski definition) is 2. The van der Waals surface area contributed by atoms with Crippen LogP contribution in [-0.4, -0.2) is 19.9 Å². The molecule has 94 valence electrons. The summed E-state index contributed by atoms with van der Waals surface area (Å²) in [5, 5.41) is 2.20. The van der Waals surface area contributed by atoms with Gasteiger partial charge in [-0.2, -0.15) is 0 Å². The quantitative estimate of drug-likeness (QED) is 0.444. The van der Waals surface area contributed by atoms with Gasteiger partial charge < -0.3 is 9.97 Å². The highest BCUT2D eigenvalue weighted by molar-refractivity contribution is 6.18. The fourth-order valence-electron chi connectivity index (χ4n) is 2.94. The summed E-state index contributed by atoms with van der Waals surface area (Å²) >= 11 is 0. The summed E-state index contributed by atoms with van der Waals surface area (Å²) < 4.78 is 0. The van der Waals surface area contributed by atoms with Crippen molar-refractivity contribution in [2.75, 3.05) is 0 Å². The van der Waals surface area contributed by atoms with Crippen molar-refractivity contribution < 1.29 is 0 Å². The molecule has 0 spiro atoms. The highest BCUT2D eigenvalue weighted by Gasteiger charge is 2.12. The van der Waals surface area contributed by atoms with Crippen molar-refractivity contribution in [2.24, 2.45) is 0 Å². The molecule has 0 fully saturated rings. The van der Waals surface area contributed by atoms with Crippen LogP contribution in [0.3, 0.4) is 0 Å². The predicted octanol–water partition coefficient (Wildman–Crippen LogP) is 3.75. The van der Waals surface area contributed by atoms with Crippen molar-refractivity contribution in [3.05, 3.63) is 48.8 Å². The lowest BCUT2D eigenvalue weighted by Gasteiger charge is -1.92. The number of H-pyrrole nitrogens is 2. The molecule has 2 N–H and O–H groups in total. The van der Waals surface area contributed by atoms with Crippen molar-refractivity contribution in [3.8, 4) is 0 Å². The SMILES string of the molecule is c1ccc2c(c1)[nH]c1c2ncc2c3ncccc3[nH]c21. The summed E-state index contributed by atoms with van der Waals surface area (Å²) in [6.07, 6.45) is 3.72. The second-order valence-corrected chi connectivity index (χ2v) is 4.97. The molecule has 0 radical (unpaired) electrons. The van der Waals surface area contributed by atoms with E-state index in [1.807, 2.05) is 36.7 Å². The summed E-state index contributed by atoms with van der Waals surface area (Å²) in [6, 6.07) is 12.2. The van der Waals surface area contributed by atoms with E-state index in [9.17, 15) is 0 Å². The Labute approximate surface area is 113 Å². The van der Waals surface area contributed by atoms with Crippen LogP contribution in [0.2, 0.25) is 0 Å². The molecule has 0 saturated heterocycles. The monoisotopic (exact) mass is 258 g/mol. The molecule has 0 aliphatic rings. The standard InChI is InChI=1S/C16H10N4/c1-2-5-11-9(4-1)14-16(19-11)15-10(8-18-14)13-12(20-15)6-3-7-17-13/h1-8,19-20H. The molecule has 4 nitrogen and oxygen atoms in total. The summed E-state index contributed by atoms with van der Waals surface area (Å²) in [4.78, 5) is 16.0. The van der Waals surface area contributed by atoms with Gasteiger partial charge in [0, 0.05) is 28.7 Å². The Bertz CT molecular complexity index is 1010. The Morgan fingerprint density at radius 1 is 0.700 bits per heavy atom. The van der Waals surface area contributed by atoms with Gasteiger partial charge >= 0.3 is 0 Å². The molecule has 0 atom stereocenters. The number of rotatable bonds is 0.